The van der Waals surface area contributed by atoms with E-state index in [0.29, 0.717) is 11.7 Å². The van der Waals surface area contributed by atoms with Crippen molar-refractivity contribution in [3.05, 3.63) is 53.9 Å². The largest absolute Gasteiger partial charge is 0.497 e. The van der Waals surface area contributed by atoms with Crippen LogP contribution >= 0.6 is 0 Å². The summed E-state index contributed by atoms with van der Waals surface area (Å²) in [4.78, 5) is 7.00. The standard InChI is InChI=1S/C22H25N3O4/c1-26-18-9-7-15(8-10-18)21-23-22(29-24-21)17-11-12-25(14-17)13-16-5-4-6-19(27-2)20(16)28-3/h4-10,17H,11-14H2,1-3H3/t17-/m1/s1. The van der Waals surface area contributed by atoms with Crippen LogP contribution in [0.4, 0.5) is 0 Å². The van der Waals surface area contributed by atoms with Crippen LogP contribution in [0.25, 0.3) is 11.4 Å². The summed E-state index contributed by atoms with van der Waals surface area (Å²) in [6.45, 7) is 2.62. The molecule has 0 unspecified atom stereocenters. The van der Waals surface area contributed by atoms with E-state index >= 15 is 0 Å². The van der Waals surface area contributed by atoms with Gasteiger partial charge < -0.3 is 18.7 Å². The van der Waals surface area contributed by atoms with Gasteiger partial charge in [0.25, 0.3) is 0 Å². The molecule has 0 amide bonds. The molecule has 1 saturated heterocycles. The zero-order valence-corrected chi connectivity index (χ0v) is 16.9. The van der Waals surface area contributed by atoms with E-state index in [1.807, 2.05) is 36.4 Å². The van der Waals surface area contributed by atoms with Crippen LogP contribution in [0.1, 0.15) is 23.8 Å². The lowest BCUT2D eigenvalue weighted by molar-refractivity contribution is 0.298. The monoisotopic (exact) mass is 395 g/mol. The number of para-hydroxylation sites is 1. The van der Waals surface area contributed by atoms with E-state index in [1.165, 1.54) is 0 Å². The molecule has 1 atom stereocenters. The van der Waals surface area contributed by atoms with Crippen LogP contribution in [0.3, 0.4) is 0 Å². The molecule has 0 spiro atoms. The number of rotatable bonds is 7. The van der Waals surface area contributed by atoms with Crippen molar-refractivity contribution in [2.75, 3.05) is 34.4 Å². The third kappa shape index (κ3) is 4.05. The maximum absolute atomic E-state index is 5.58. The van der Waals surface area contributed by atoms with Crippen LogP contribution in [0.15, 0.2) is 47.0 Å². The number of aromatic nitrogens is 2. The van der Waals surface area contributed by atoms with Crippen LogP contribution in [-0.4, -0.2) is 49.5 Å². The third-order valence-corrected chi connectivity index (χ3v) is 5.29. The molecule has 0 aliphatic carbocycles. The first kappa shape index (κ1) is 19.3. The Morgan fingerprint density at radius 3 is 2.59 bits per heavy atom. The van der Waals surface area contributed by atoms with E-state index in [0.717, 1.165) is 54.4 Å². The summed E-state index contributed by atoms with van der Waals surface area (Å²) < 4.78 is 21.7. The Morgan fingerprint density at radius 1 is 1.03 bits per heavy atom. The Hall–Kier alpha value is -3.06. The minimum Gasteiger partial charge on any atom is -0.497 e. The number of hydrogen-bond acceptors (Lipinski definition) is 7. The first-order chi connectivity index (χ1) is 14.2. The number of benzene rings is 2. The van der Waals surface area contributed by atoms with E-state index in [-0.39, 0.29) is 5.92 Å². The fourth-order valence-electron chi connectivity index (χ4n) is 3.76. The second kappa shape index (κ2) is 8.53. The molecule has 2 aromatic carbocycles. The normalized spacial score (nSPS) is 16.7. The number of likely N-dealkylation sites (tertiary alicyclic amines) is 1. The van der Waals surface area contributed by atoms with Crippen molar-refractivity contribution in [2.24, 2.45) is 0 Å². The molecule has 29 heavy (non-hydrogen) atoms. The summed E-state index contributed by atoms with van der Waals surface area (Å²) in [6, 6.07) is 13.6. The molecule has 7 nitrogen and oxygen atoms in total. The van der Waals surface area contributed by atoms with Crippen LogP contribution < -0.4 is 14.2 Å². The Balaban J connectivity index is 1.43. The number of hydrogen-bond donors (Lipinski definition) is 0. The van der Waals surface area contributed by atoms with Gasteiger partial charge in [-0.25, -0.2) is 0 Å². The highest BCUT2D eigenvalue weighted by Crippen LogP contribution is 2.34. The zero-order chi connectivity index (χ0) is 20.2. The molecule has 1 fully saturated rings. The van der Waals surface area contributed by atoms with Crippen LogP contribution in [0, 0.1) is 0 Å². The average molecular weight is 395 g/mol. The van der Waals surface area contributed by atoms with Gasteiger partial charge in [0.2, 0.25) is 11.7 Å². The third-order valence-electron chi connectivity index (χ3n) is 5.29. The molecule has 0 saturated carbocycles. The molecule has 1 aromatic heterocycles. The van der Waals surface area contributed by atoms with E-state index in [2.05, 4.69) is 21.1 Å². The second-order valence-electron chi connectivity index (χ2n) is 7.06. The molecular formula is C22H25N3O4. The van der Waals surface area contributed by atoms with E-state index in [4.69, 9.17) is 18.7 Å². The predicted molar refractivity (Wildman–Crippen MR) is 108 cm³/mol. The lowest BCUT2D eigenvalue weighted by Gasteiger charge is -2.18. The van der Waals surface area contributed by atoms with Gasteiger partial charge in [-0.3, -0.25) is 4.90 Å². The van der Waals surface area contributed by atoms with E-state index in [1.54, 1.807) is 21.3 Å². The Morgan fingerprint density at radius 2 is 1.86 bits per heavy atom. The first-order valence-corrected chi connectivity index (χ1v) is 9.62. The number of ether oxygens (including phenoxy) is 3. The van der Waals surface area contributed by atoms with Crippen LogP contribution in [-0.2, 0) is 6.54 Å². The average Bonchev–Trinajstić information content (AvgIpc) is 3.43. The number of methoxy groups -OCH3 is 3. The predicted octanol–water partition coefficient (Wildman–Crippen LogP) is 3.75. The van der Waals surface area contributed by atoms with Gasteiger partial charge in [-0.2, -0.15) is 4.98 Å². The van der Waals surface area contributed by atoms with Gasteiger partial charge in [0.05, 0.1) is 27.2 Å². The van der Waals surface area contributed by atoms with Gasteiger partial charge in [-0.1, -0.05) is 17.3 Å². The van der Waals surface area contributed by atoms with Gasteiger partial charge in [0, 0.05) is 24.2 Å². The Labute approximate surface area is 170 Å². The van der Waals surface area contributed by atoms with E-state index < -0.39 is 0 Å². The number of nitrogens with zero attached hydrogens (tertiary/aromatic N) is 3. The van der Waals surface area contributed by atoms with Crippen molar-refractivity contribution >= 4 is 0 Å². The molecule has 4 rings (SSSR count). The highest BCUT2D eigenvalue weighted by Gasteiger charge is 2.29. The molecule has 1 aliphatic heterocycles. The summed E-state index contributed by atoms with van der Waals surface area (Å²) in [6.07, 6.45) is 0.983. The van der Waals surface area contributed by atoms with Gasteiger partial charge in [0.1, 0.15) is 5.75 Å². The fourth-order valence-corrected chi connectivity index (χ4v) is 3.76. The lowest BCUT2D eigenvalue weighted by Crippen LogP contribution is -2.20. The van der Waals surface area contributed by atoms with Crippen LogP contribution in [0.5, 0.6) is 17.2 Å². The Kier molecular flexibility index (Phi) is 5.67. The summed E-state index contributed by atoms with van der Waals surface area (Å²) in [7, 11) is 4.98. The molecule has 7 heteroatoms. The van der Waals surface area contributed by atoms with Crippen LogP contribution in [0.2, 0.25) is 0 Å². The second-order valence-corrected chi connectivity index (χ2v) is 7.06. The van der Waals surface area contributed by atoms with Gasteiger partial charge in [0.15, 0.2) is 11.5 Å². The van der Waals surface area contributed by atoms with E-state index in [9.17, 15) is 0 Å². The maximum Gasteiger partial charge on any atom is 0.231 e. The topological polar surface area (TPSA) is 69.9 Å². The van der Waals surface area contributed by atoms with Crippen molar-refractivity contribution in [3.63, 3.8) is 0 Å². The quantitative estimate of drug-likeness (QED) is 0.603. The van der Waals surface area contributed by atoms with Crippen molar-refractivity contribution in [1.29, 1.82) is 0 Å². The SMILES string of the molecule is COc1ccc(-c2noc([C@@H]3CCN(Cc4cccc(OC)c4OC)C3)n2)cc1. The minimum atomic E-state index is 0.228. The molecule has 152 valence electrons. The summed E-state index contributed by atoms with van der Waals surface area (Å²) in [5.74, 6) is 3.87. The molecule has 2 heterocycles. The summed E-state index contributed by atoms with van der Waals surface area (Å²) in [5.41, 5.74) is 2.02. The molecule has 0 radical (unpaired) electrons. The highest BCUT2D eigenvalue weighted by molar-refractivity contribution is 5.55. The summed E-state index contributed by atoms with van der Waals surface area (Å²) >= 11 is 0. The van der Waals surface area contributed by atoms with Gasteiger partial charge in [-0.15, -0.1) is 0 Å². The highest BCUT2D eigenvalue weighted by atomic mass is 16.5. The van der Waals surface area contributed by atoms with Crippen molar-refractivity contribution in [1.82, 2.24) is 15.0 Å². The minimum absolute atomic E-state index is 0.228. The lowest BCUT2D eigenvalue weighted by atomic mass is 10.1. The Bertz CT molecular complexity index is 955. The van der Waals surface area contributed by atoms with Gasteiger partial charge >= 0.3 is 0 Å². The molecule has 1 aliphatic rings. The molecule has 3 aromatic rings. The van der Waals surface area contributed by atoms with Crippen molar-refractivity contribution < 1.29 is 18.7 Å². The smallest absolute Gasteiger partial charge is 0.231 e. The van der Waals surface area contributed by atoms with Crippen molar-refractivity contribution in [2.45, 2.75) is 18.9 Å². The summed E-state index contributed by atoms with van der Waals surface area (Å²) in [5, 5.41) is 4.16. The fraction of sp³-hybridized carbons (Fsp3) is 0.364. The molecule has 0 N–H and O–H groups in total. The first-order valence-electron chi connectivity index (χ1n) is 9.62. The zero-order valence-electron chi connectivity index (χ0n) is 16.9. The maximum atomic E-state index is 5.58. The van der Waals surface area contributed by atoms with Crippen molar-refractivity contribution in [3.8, 4) is 28.6 Å². The molecular weight excluding hydrogens is 370 g/mol. The van der Waals surface area contributed by atoms with Gasteiger partial charge in [-0.05, 0) is 43.3 Å². The molecule has 0 bridgehead atoms.